The van der Waals surface area contributed by atoms with Crippen LogP contribution >= 0.6 is 0 Å². The molecule has 0 aliphatic carbocycles. The highest BCUT2D eigenvalue weighted by Gasteiger charge is 2.14. The van der Waals surface area contributed by atoms with Gasteiger partial charge in [0.1, 0.15) is 0 Å². The number of aryl methyl sites for hydroxylation is 1. The molecule has 0 fully saturated rings. The Labute approximate surface area is 81.4 Å². The maximum Gasteiger partial charge on any atom is 0.269 e. The van der Waals surface area contributed by atoms with E-state index in [1.807, 2.05) is 0 Å². The van der Waals surface area contributed by atoms with Crippen LogP contribution in [0, 0.1) is 17.0 Å². The molecule has 0 N–H and O–H groups in total. The molecule has 1 rings (SSSR count). The number of benzene rings is 1. The van der Waals surface area contributed by atoms with Gasteiger partial charge in [-0.3, -0.25) is 10.1 Å². The molecule has 0 unspecified atom stereocenters. The standard InChI is InChI=1S/C8H9NO4S/c1-6-5-7(9(10)11)3-4-8(6)14(2,12)13/h3-5H,1-2H3. The van der Waals surface area contributed by atoms with E-state index in [1.54, 1.807) is 0 Å². The quantitative estimate of drug-likeness (QED) is 0.550. The van der Waals surface area contributed by atoms with Crippen molar-refractivity contribution in [3.8, 4) is 0 Å². The molecule has 0 aliphatic heterocycles. The van der Waals surface area contributed by atoms with Crippen LogP contribution in [0.25, 0.3) is 0 Å². The van der Waals surface area contributed by atoms with E-state index in [1.165, 1.54) is 25.1 Å². The van der Waals surface area contributed by atoms with E-state index in [9.17, 15) is 18.5 Å². The molecule has 0 saturated carbocycles. The predicted octanol–water partition coefficient (Wildman–Crippen LogP) is 1.31. The summed E-state index contributed by atoms with van der Waals surface area (Å²) in [4.78, 5) is 9.94. The molecule has 6 heteroatoms. The molecule has 0 atom stereocenters. The molecule has 0 bridgehead atoms. The van der Waals surface area contributed by atoms with Crippen LogP contribution < -0.4 is 0 Å². The minimum atomic E-state index is -3.30. The summed E-state index contributed by atoms with van der Waals surface area (Å²) in [5, 5.41) is 10.4. The van der Waals surface area contributed by atoms with Gasteiger partial charge in [-0.2, -0.15) is 0 Å². The largest absolute Gasteiger partial charge is 0.269 e. The number of non-ortho nitro benzene ring substituents is 1. The molecule has 5 nitrogen and oxygen atoms in total. The molecule has 0 heterocycles. The molecule has 0 spiro atoms. The smallest absolute Gasteiger partial charge is 0.258 e. The Morgan fingerprint density at radius 2 is 1.93 bits per heavy atom. The first kappa shape index (κ1) is 10.6. The van der Waals surface area contributed by atoms with Crippen molar-refractivity contribution in [1.82, 2.24) is 0 Å². The van der Waals surface area contributed by atoms with Crippen molar-refractivity contribution in [1.29, 1.82) is 0 Å². The van der Waals surface area contributed by atoms with Crippen LogP contribution in [0.2, 0.25) is 0 Å². The fourth-order valence-corrected chi connectivity index (χ4v) is 2.12. The molecule has 0 amide bonds. The number of hydrogen-bond acceptors (Lipinski definition) is 4. The number of nitro groups is 1. The Bertz CT molecular complexity index is 478. The second kappa shape index (κ2) is 3.38. The predicted molar refractivity (Wildman–Crippen MR) is 50.9 cm³/mol. The molecule has 0 aromatic heterocycles. The van der Waals surface area contributed by atoms with Gasteiger partial charge in [-0.15, -0.1) is 0 Å². The van der Waals surface area contributed by atoms with Crippen molar-refractivity contribution in [2.24, 2.45) is 0 Å². The van der Waals surface area contributed by atoms with E-state index in [-0.39, 0.29) is 10.6 Å². The summed E-state index contributed by atoms with van der Waals surface area (Å²) in [6, 6.07) is 3.68. The van der Waals surface area contributed by atoms with E-state index in [2.05, 4.69) is 0 Å². The SMILES string of the molecule is Cc1cc([N+](=O)[O-])ccc1S(C)(=O)=O. The zero-order chi connectivity index (χ0) is 10.9. The van der Waals surface area contributed by atoms with Gasteiger partial charge in [0.25, 0.3) is 5.69 Å². The monoisotopic (exact) mass is 215 g/mol. The number of nitrogens with zero attached hydrogens (tertiary/aromatic N) is 1. The lowest BCUT2D eigenvalue weighted by molar-refractivity contribution is -0.385. The zero-order valence-corrected chi connectivity index (χ0v) is 8.54. The van der Waals surface area contributed by atoms with Crippen LogP contribution in [0.1, 0.15) is 5.56 Å². The van der Waals surface area contributed by atoms with E-state index < -0.39 is 14.8 Å². The van der Waals surface area contributed by atoms with Gasteiger partial charge in [-0.1, -0.05) is 0 Å². The lowest BCUT2D eigenvalue weighted by Gasteiger charge is -2.01. The summed E-state index contributed by atoms with van der Waals surface area (Å²) in [7, 11) is -3.30. The molecule has 14 heavy (non-hydrogen) atoms. The fourth-order valence-electron chi connectivity index (χ4n) is 1.16. The van der Waals surface area contributed by atoms with Crippen LogP contribution in [-0.4, -0.2) is 19.6 Å². The number of nitro benzene ring substituents is 1. The minimum absolute atomic E-state index is 0.102. The van der Waals surface area contributed by atoms with Crippen LogP contribution in [0.3, 0.4) is 0 Å². The third-order valence-electron chi connectivity index (χ3n) is 1.77. The summed E-state index contributed by atoms with van der Waals surface area (Å²) >= 11 is 0. The van der Waals surface area contributed by atoms with Crippen molar-refractivity contribution < 1.29 is 13.3 Å². The maximum absolute atomic E-state index is 11.2. The second-order valence-electron chi connectivity index (χ2n) is 2.98. The fraction of sp³-hybridized carbons (Fsp3) is 0.250. The van der Waals surface area contributed by atoms with Gasteiger partial charge in [0, 0.05) is 18.4 Å². The first-order valence-electron chi connectivity index (χ1n) is 3.77. The van der Waals surface area contributed by atoms with Gasteiger partial charge in [-0.25, -0.2) is 8.42 Å². The van der Waals surface area contributed by atoms with Gasteiger partial charge in [0.15, 0.2) is 9.84 Å². The number of rotatable bonds is 2. The summed E-state index contributed by atoms with van der Waals surface area (Å²) in [6.45, 7) is 1.53. The second-order valence-corrected chi connectivity index (χ2v) is 4.96. The topological polar surface area (TPSA) is 77.3 Å². The lowest BCUT2D eigenvalue weighted by Crippen LogP contribution is -2.00. The Hall–Kier alpha value is -1.43. The van der Waals surface area contributed by atoms with E-state index in [0.29, 0.717) is 5.56 Å². The molecule has 0 radical (unpaired) electrons. The number of sulfone groups is 1. The molecule has 1 aromatic carbocycles. The maximum atomic E-state index is 11.2. The third-order valence-corrected chi connectivity index (χ3v) is 3.03. The average Bonchev–Trinajstić information content (AvgIpc) is 2.01. The number of hydrogen-bond donors (Lipinski definition) is 0. The van der Waals surface area contributed by atoms with Crippen molar-refractivity contribution in [2.45, 2.75) is 11.8 Å². The van der Waals surface area contributed by atoms with E-state index in [0.717, 1.165) is 6.26 Å². The summed E-state index contributed by atoms with van der Waals surface area (Å²) in [5.41, 5.74) is 0.289. The summed E-state index contributed by atoms with van der Waals surface area (Å²) in [5.74, 6) is 0. The molecule has 0 saturated heterocycles. The van der Waals surface area contributed by atoms with Gasteiger partial charge in [-0.05, 0) is 18.6 Å². The first-order valence-corrected chi connectivity index (χ1v) is 5.66. The van der Waals surface area contributed by atoms with Crippen LogP contribution in [0.15, 0.2) is 23.1 Å². The van der Waals surface area contributed by atoms with Crippen molar-refractivity contribution in [3.05, 3.63) is 33.9 Å². The van der Waals surface area contributed by atoms with Gasteiger partial charge in [0.05, 0.1) is 9.82 Å². The Morgan fingerprint density at radius 3 is 2.29 bits per heavy atom. The lowest BCUT2D eigenvalue weighted by atomic mass is 10.2. The molecule has 0 aliphatic rings. The Balaban J connectivity index is 3.35. The molecular formula is C8H9NO4S. The van der Waals surface area contributed by atoms with Crippen molar-refractivity contribution in [2.75, 3.05) is 6.26 Å². The van der Waals surface area contributed by atoms with Crippen LogP contribution in [0.4, 0.5) is 5.69 Å². The normalized spacial score (nSPS) is 11.3. The zero-order valence-electron chi connectivity index (χ0n) is 7.72. The highest BCUT2D eigenvalue weighted by molar-refractivity contribution is 7.90. The summed E-state index contributed by atoms with van der Waals surface area (Å²) < 4.78 is 22.3. The molecule has 76 valence electrons. The highest BCUT2D eigenvalue weighted by Crippen LogP contribution is 2.20. The third kappa shape index (κ3) is 2.08. The van der Waals surface area contributed by atoms with E-state index in [4.69, 9.17) is 0 Å². The van der Waals surface area contributed by atoms with Crippen molar-refractivity contribution in [3.63, 3.8) is 0 Å². The molecular weight excluding hydrogens is 206 g/mol. The average molecular weight is 215 g/mol. The first-order chi connectivity index (χ1) is 6.32. The highest BCUT2D eigenvalue weighted by atomic mass is 32.2. The van der Waals surface area contributed by atoms with Gasteiger partial charge in [0.2, 0.25) is 0 Å². The molecule has 1 aromatic rings. The van der Waals surface area contributed by atoms with E-state index >= 15 is 0 Å². The Kier molecular flexibility index (Phi) is 2.57. The van der Waals surface area contributed by atoms with Gasteiger partial charge < -0.3 is 0 Å². The minimum Gasteiger partial charge on any atom is -0.258 e. The summed E-state index contributed by atoms with van der Waals surface area (Å²) in [6.07, 6.45) is 1.07. The van der Waals surface area contributed by atoms with Crippen LogP contribution in [0.5, 0.6) is 0 Å². The van der Waals surface area contributed by atoms with Crippen LogP contribution in [-0.2, 0) is 9.84 Å². The van der Waals surface area contributed by atoms with Gasteiger partial charge >= 0.3 is 0 Å². The Morgan fingerprint density at radius 1 is 1.36 bits per heavy atom. The van der Waals surface area contributed by atoms with Crippen molar-refractivity contribution >= 4 is 15.5 Å².